The first-order chi connectivity index (χ1) is 8.24. The van der Waals surface area contributed by atoms with Crippen LogP contribution < -0.4 is 0 Å². The van der Waals surface area contributed by atoms with Gasteiger partial charge in [-0.3, -0.25) is 0 Å². The molecule has 4 heteroatoms. The minimum atomic E-state index is 0.475. The van der Waals surface area contributed by atoms with Crippen LogP contribution in [0.1, 0.15) is 36.4 Å². The molecular formula is C13H16N4. The van der Waals surface area contributed by atoms with Crippen LogP contribution in [0.3, 0.4) is 0 Å². The van der Waals surface area contributed by atoms with Crippen molar-refractivity contribution in [2.75, 3.05) is 0 Å². The molecule has 4 nitrogen and oxygen atoms in total. The van der Waals surface area contributed by atoms with Crippen molar-refractivity contribution < 1.29 is 0 Å². The quantitative estimate of drug-likeness (QED) is 0.793. The van der Waals surface area contributed by atoms with E-state index in [0.29, 0.717) is 6.04 Å². The van der Waals surface area contributed by atoms with Crippen molar-refractivity contribution >= 4 is 0 Å². The van der Waals surface area contributed by atoms with Crippen molar-refractivity contribution in [2.24, 2.45) is 0 Å². The number of aryl methyl sites for hydroxylation is 2. The summed E-state index contributed by atoms with van der Waals surface area (Å²) in [6.45, 7) is 4.22. The van der Waals surface area contributed by atoms with E-state index >= 15 is 0 Å². The first-order valence-electron chi connectivity index (χ1n) is 6.11. The Hall–Kier alpha value is -1.71. The van der Waals surface area contributed by atoms with Gasteiger partial charge in [0.05, 0.1) is 6.04 Å². The molecule has 88 valence electrons. The van der Waals surface area contributed by atoms with Gasteiger partial charge in [-0.05, 0) is 55.5 Å². The molecule has 0 aliphatic heterocycles. The average Bonchev–Trinajstić information content (AvgIpc) is 2.69. The molecule has 0 amide bonds. The molecular weight excluding hydrogens is 212 g/mol. The summed E-state index contributed by atoms with van der Waals surface area (Å²) in [7, 11) is 0. The Labute approximate surface area is 101 Å². The molecule has 0 radical (unpaired) electrons. The van der Waals surface area contributed by atoms with Gasteiger partial charge in [0.25, 0.3) is 0 Å². The number of benzene rings is 1. The lowest BCUT2D eigenvalue weighted by atomic mass is 9.94. The van der Waals surface area contributed by atoms with Crippen molar-refractivity contribution in [3.8, 4) is 11.4 Å². The minimum Gasteiger partial charge on any atom is -0.161 e. The molecule has 3 rings (SSSR count). The molecule has 0 atom stereocenters. The molecule has 0 saturated heterocycles. The Morgan fingerprint density at radius 1 is 1.18 bits per heavy atom. The molecule has 0 spiro atoms. The maximum Gasteiger partial charge on any atom is 0.204 e. The highest BCUT2D eigenvalue weighted by atomic mass is 15.6. The second-order valence-electron chi connectivity index (χ2n) is 4.82. The van der Waals surface area contributed by atoms with Crippen LogP contribution in [0.5, 0.6) is 0 Å². The van der Waals surface area contributed by atoms with E-state index in [1.54, 1.807) is 4.80 Å². The van der Waals surface area contributed by atoms with Crippen LogP contribution in [0, 0.1) is 13.8 Å². The van der Waals surface area contributed by atoms with Crippen molar-refractivity contribution in [3.05, 3.63) is 29.3 Å². The first kappa shape index (κ1) is 10.4. The third kappa shape index (κ3) is 1.84. The zero-order valence-corrected chi connectivity index (χ0v) is 10.2. The van der Waals surface area contributed by atoms with Gasteiger partial charge in [0, 0.05) is 5.56 Å². The van der Waals surface area contributed by atoms with E-state index in [4.69, 9.17) is 0 Å². The number of rotatable bonds is 2. The smallest absolute Gasteiger partial charge is 0.161 e. The first-order valence-corrected chi connectivity index (χ1v) is 6.11. The zero-order valence-electron chi connectivity index (χ0n) is 10.2. The van der Waals surface area contributed by atoms with E-state index in [-0.39, 0.29) is 0 Å². The van der Waals surface area contributed by atoms with Gasteiger partial charge in [0.15, 0.2) is 0 Å². The summed E-state index contributed by atoms with van der Waals surface area (Å²) < 4.78 is 0. The Kier molecular flexibility index (Phi) is 2.42. The number of nitrogens with zero attached hydrogens (tertiary/aromatic N) is 4. The van der Waals surface area contributed by atoms with E-state index in [2.05, 4.69) is 47.5 Å². The highest BCUT2D eigenvalue weighted by Crippen LogP contribution is 2.30. The van der Waals surface area contributed by atoms with E-state index in [0.717, 1.165) is 11.4 Å². The maximum absolute atomic E-state index is 4.47. The topological polar surface area (TPSA) is 43.6 Å². The monoisotopic (exact) mass is 228 g/mol. The molecule has 1 aromatic heterocycles. The minimum absolute atomic E-state index is 0.475. The molecule has 1 aromatic carbocycles. The van der Waals surface area contributed by atoms with Crippen LogP contribution in [0.15, 0.2) is 18.2 Å². The van der Waals surface area contributed by atoms with Gasteiger partial charge >= 0.3 is 0 Å². The molecule has 0 N–H and O–H groups in total. The van der Waals surface area contributed by atoms with E-state index in [9.17, 15) is 0 Å². The molecule has 2 aromatic rings. The van der Waals surface area contributed by atoms with Crippen LogP contribution in [-0.2, 0) is 0 Å². The standard InChI is InChI=1S/C13H16N4/c1-9-6-7-11(8-10(9)2)13-14-16-17(15-13)12-4-3-5-12/h6-8,12H,3-5H2,1-2H3. The summed E-state index contributed by atoms with van der Waals surface area (Å²) in [4.78, 5) is 1.77. The van der Waals surface area contributed by atoms with Crippen LogP contribution in [0.2, 0.25) is 0 Å². The lowest BCUT2D eigenvalue weighted by Gasteiger charge is -2.23. The Morgan fingerprint density at radius 2 is 2.00 bits per heavy atom. The SMILES string of the molecule is Cc1ccc(-c2nnn(C3CCC3)n2)cc1C. The number of tetrazole rings is 1. The lowest BCUT2D eigenvalue weighted by Crippen LogP contribution is -2.19. The molecule has 0 unspecified atom stereocenters. The predicted molar refractivity (Wildman–Crippen MR) is 65.6 cm³/mol. The van der Waals surface area contributed by atoms with Gasteiger partial charge < -0.3 is 0 Å². The predicted octanol–water partition coefficient (Wildman–Crippen LogP) is 2.68. The third-order valence-corrected chi connectivity index (χ3v) is 3.59. The van der Waals surface area contributed by atoms with E-state index in [1.165, 1.54) is 30.4 Å². The van der Waals surface area contributed by atoms with Gasteiger partial charge in [-0.1, -0.05) is 12.1 Å². The molecule has 1 aliphatic carbocycles. The second-order valence-corrected chi connectivity index (χ2v) is 4.82. The molecule has 17 heavy (non-hydrogen) atoms. The number of aromatic nitrogens is 4. The summed E-state index contributed by atoms with van der Waals surface area (Å²) in [5, 5.41) is 12.8. The molecule has 0 bridgehead atoms. The van der Waals surface area contributed by atoms with Crippen LogP contribution in [-0.4, -0.2) is 20.2 Å². The molecule has 1 saturated carbocycles. The van der Waals surface area contributed by atoms with Crippen LogP contribution in [0.4, 0.5) is 0 Å². The highest BCUT2D eigenvalue weighted by Gasteiger charge is 2.22. The van der Waals surface area contributed by atoms with Gasteiger partial charge in [0.2, 0.25) is 5.82 Å². The molecule has 1 heterocycles. The third-order valence-electron chi connectivity index (χ3n) is 3.59. The van der Waals surface area contributed by atoms with Crippen molar-refractivity contribution in [2.45, 2.75) is 39.2 Å². The maximum atomic E-state index is 4.47. The van der Waals surface area contributed by atoms with Gasteiger partial charge in [-0.15, -0.1) is 10.2 Å². The average molecular weight is 228 g/mol. The Balaban J connectivity index is 1.92. The number of hydrogen-bond acceptors (Lipinski definition) is 3. The Morgan fingerprint density at radius 3 is 2.65 bits per heavy atom. The van der Waals surface area contributed by atoms with Crippen LogP contribution in [0.25, 0.3) is 11.4 Å². The van der Waals surface area contributed by atoms with Crippen molar-refractivity contribution in [3.63, 3.8) is 0 Å². The summed E-state index contributed by atoms with van der Waals surface area (Å²) in [5.74, 6) is 0.736. The van der Waals surface area contributed by atoms with E-state index < -0.39 is 0 Å². The van der Waals surface area contributed by atoms with Crippen LogP contribution >= 0.6 is 0 Å². The van der Waals surface area contributed by atoms with Crippen molar-refractivity contribution in [1.29, 1.82) is 0 Å². The van der Waals surface area contributed by atoms with Crippen molar-refractivity contribution in [1.82, 2.24) is 20.2 Å². The highest BCUT2D eigenvalue weighted by molar-refractivity contribution is 5.56. The lowest BCUT2D eigenvalue weighted by molar-refractivity contribution is 0.258. The number of hydrogen-bond donors (Lipinski definition) is 0. The largest absolute Gasteiger partial charge is 0.204 e. The second kappa shape index (κ2) is 3.95. The summed E-state index contributed by atoms with van der Waals surface area (Å²) in [5.41, 5.74) is 3.61. The summed E-state index contributed by atoms with van der Waals surface area (Å²) in [6.07, 6.45) is 3.65. The van der Waals surface area contributed by atoms with Gasteiger partial charge in [-0.25, -0.2) is 0 Å². The fraction of sp³-hybridized carbons (Fsp3) is 0.462. The molecule has 1 fully saturated rings. The van der Waals surface area contributed by atoms with Gasteiger partial charge in [-0.2, -0.15) is 4.80 Å². The molecule has 1 aliphatic rings. The normalized spacial score (nSPS) is 15.9. The fourth-order valence-electron chi connectivity index (χ4n) is 1.99. The van der Waals surface area contributed by atoms with E-state index in [1.807, 2.05) is 0 Å². The zero-order chi connectivity index (χ0) is 11.8. The summed E-state index contributed by atoms with van der Waals surface area (Å²) >= 11 is 0. The summed E-state index contributed by atoms with van der Waals surface area (Å²) in [6, 6.07) is 6.76. The fourth-order valence-corrected chi connectivity index (χ4v) is 1.99. The van der Waals surface area contributed by atoms with Gasteiger partial charge in [0.1, 0.15) is 0 Å². The Bertz CT molecular complexity index is 540.